The number of aryl methyl sites for hydroxylation is 1. The maximum Gasteiger partial charge on any atom is 0.107 e. The summed E-state index contributed by atoms with van der Waals surface area (Å²) in [5, 5.41) is 8.00. The maximum atomic E-state index is 4.34. The second-order valence-electron chi connectivity index (χ2n) is 4.39. The van der Waals surface area contributed by atoms with Gasteiger partial charge in [-0.2, -0.15) is 0 Å². The molecule has 0 aliphatic carbocycles. The van der Waals surface area contributed by atoms with Gasteiger partial charge in [0, 0.05) is 17.6 Å². The van der Waals surface area contributed by atoms with E-state index in [-0.39, 0.29) is 0 Å². The summed E-state index contributed by atoms with van der Waals surface area (Å²) in [5.74, 6) is 1.64. The number of nitrogens with zero attached hydrogens (tertiary/aromatic N) is 1. The Morgan fingerprint density at radius 1 is 1.67 bits per heavy atom. The van der Waals surface area contributed by atoms with Gasteiger partial charge in [-0.1, -0.05) is 6.92 Å². The van der Waals surface area contributed by atoms with Crippen molar-refractivity contribution < 1.29 is 0 Å². The van der Waals surface area contributed by atoms with E-state index in [2.05, 4.69) is 29.5 Å². The molecule has 0 radical (unpaired) electrons. The summed E-state index contributed by atoms with van der Waals surface area (Å²) in [4.78, 5) is 5.63. The smallest absolute Gasteiger partial charge is 0.107 e. The van der Waals surface area contributed by atoms with E-state index < -0.39 is 0 Å². The summed E-state index contributed by atoms with van der Waals surface area (Å²) in [6, 6.07) is 0. The van der Waals surface area contributed by atoms with Gasteiger partial charge in [0.05, 0.1) is 0 Å². The highest BCUT2D eigenvalue weighted by molar-refractivity contribution is 7.11. The van der Waals surface area contributed by atoms with Crippen molar-refractivity contribution in [2.75, 3.05) is 19.6 Å². The molecule has 1 aromatic heterocycles. The lowest BCUT2D eigenvalue weighted by molar-refractivity contribution is 0.242. The van der Waals surface area contributed by atoms with Crippen molar-refractivity contribution in [2.45, 2.75) is 20.4 Å². The first-order valence-electron chi connectivity index (χ1n) is 5.58. The largest absolute Gasteiger partial charge is 0.316 e. The molecule has 2 N–H and O–H groups in total. The molecule has 1 aromatic rings. The van der Waals surface area contributed by atoms with Gasteiger partial charge < -0.3 is 10.6 Å². The van der Waals surface area contributed by atoms with Gasteiger partial charge in [-0.25, -0.2) is 4.98 Å². The molecule has 1 saturated heterocycles. The molecule has 84 valence electrons. The van der Waals surface area contributed by atoms with Crippen LogP contribution in [0.4, 0.5) is 0 Å². The van der Waals surface area contributed by atoms with E-state index in [1.165, 1.54) is 23.0 Å². The number of nitrogens with one attached hydrogen (secondary N) is 2. The predicted octanol–water partition coefficient (Wildman–Crippen LogP) is 1.40. The summed E-state index contributed by atoms with van der Waals surface area (Å²) in [7, 11) is 0. The minimum absolute atomic E-state index is 0.771. The summed E-state index contributed by atoms with van der Waals surface area (Å²) < 4.78 is 0. The number of hydrogen-bond acceptors (Lipinski definition) is 4. The molecule has 0 bridgehead atoms. The molecule has 0 aromatic carbocycles. The van der Waals surface area contributed by atoms with Crippen LogP contribution >= 0.6 is 11.3 Å². The Bertz CT molecular complexity index is 307. The number of hydrogen-bond donors (Lipinski definition) is 2. The van der Waals surface area contributed by atoms with E-state index in [9.17, 15) is 0 Å². The number of rotatable bonds is 5. The molecular formula is C11H19N3S. The number of thiazole rings is 1. The lowest BCUT2D eigenvalue weighted by Gasteiger charge is -2.32. The highest BCUT2D eigenvalue weighted by Crippen LogP contribution is 2.15. The van der Waals surface area contributed by atoms with Crippen molar-refractivity contribution in [2.24, 2.45) is 11.8 Å². The molecule has 1 aliphatic heterocycles. The first-order valence-corrected chi connectivity index (χ1v) is 6.40. The van der Waals surface area contributed by atoms with E-state index in [0.29, 0.717) is 0 Å². The van der Waals surface area contributed by atoms with E-state index >= 15 is 0 Å². The summed E-state index contributed by atoms with van der Waals surface area (Å²) in [5.41, 5.74) is 0. The van der Waals surface area contributed by atoms with Crippen LogP contribution in [0.15, 0.2) is 6.20 Å². The third-order valence-electron chi connectivity index (χ3n) is 3.03. The Morgan fingerprint density at radius 2 is 2.47 bits per heavy atom. The zero-order chi connectivity index (χ0) is 10.7. The van der Waals surface area contributed by atoms with Gasteiger partial charge in [0.25, 0.3) is 0 Å². The number of aromatic nitrogens is 1. The Labute approximate surface area is 95.3 Å². The van der Waals surface area contributed by atoms with E-state index in [0.717, 1.165) is 24.9 Å². The van der Waals surface area contributed by atoms with Crippen LogP contribution in [0.25, 0.3) is 0 Å². The van der Waals surface area contributed by atoms with Gasteiger partial charge in [0.15, 0.2) is 0 Å². The highest BCUT2D eigenvalue weighted by atomic mass is 32.1. The second kappa shape index (κ2) is 5.05. The van der Waals surface area contributed by atoms with Crippen LogP contribution < -0.4 is 10.6 Å². The minimum atomic E-state index is 0.771. The third-order valence-corrected chi connectivity index (χ3v) is 3.94. The fraction of sp³-hybridized carbons (Fsp3) is 0.727. The molecule has 15 heavy (non-hydrogen) atoms. The Balaban J connectivity index is 1.65. The molecule has 0 saturated carbocycles. The standard InChI is InChI=1S/C11H19N3S/c1-8(10-5-13-6-10)3-12-7-11-14-4-9(2)15-11/h4,8,10,12-13H,3,5-7H2,1-2H3. The summed E-state index contributed by atoms with van der Waals surface area (Å²) in [6.45, 7) is 8.84. The van der Waals surface area contributed by atoms with Crippen LogP contribution in [-0.2, 0) is 6.54 Å². The van der Waals surface area contributed by atoms with Gasteiger partial charge in [-0.05, 0) is 38.4 Å². The zero-order valence-corrected chi connectivity index (χ0v) is 10.2. The Hall–Kier alpha value is -0.450. The third kappa shape index (κ3) is 3.00. The van der Waals surface area contributed by atoms with Crippen LogP contribution in [-0.4, -0.2) is 24.6 Å². The molecule has 3 nitrogen and oxygen atoms in total. The average Bonchev–Trinajstić information content (AvgIpc) is 2.48. The monoisotopic (exact) mass is 225 g/mol. The molecule has 2 heterocycles. The van der Waals surface area contributed by atoms with Crippen molar-refractivity contribution in [3.05, 3.63) is 16.1 Å². The lowest BCUT2D eigenvalue weighted by atomic mass is 9.89. The molecule has 1 atom stereocenters. The maximum absolute atomic E-state index is 4.34. The van der Waals surface area contributed by atoms with Crippen LogP contribution in [0, 0.1) is 18.8 Å². The van der Waals surface area contributed by atoms with Gasteiger partial charge >= 0.3 is 0 Å². The molecule has 2 rings (SSSR count). The molecule has 0 amide bonds. The van der Waals surface area contributed by atoms with Gasteiger partial charge in [0.2, 0.25) is 0 Å². The van der Waals surface area contributed by atoms with Crippen LogP contribution in [0.2, 0.25) is 0 Å². The van der Waals surface area contributed by atoms with Gasteiger partial charge in [-0.3, -0.25) is 0 Å². The SMILES string of the molecule is Cc1cnc(CNCC(C)C2CNC2)s1. The van der Waals surface area contributed by atoms with Crippen LogP contribution in [0.1, 0.15) is 16.8 Å². The Morgan fingerprint density at radius 3 is 3.00 bits per heavy atom. The van der Waals surface area contributed by atoms with Crippen LogP contribution in [0.5, 0.6) is 0 Å². The lowest BCUT2D eigenvalue weighted by Crippen LogP contribution is -2.47. The molecule has 1 unspecified atom stereocenters. The average molecular weight is 225 g/mol. The zero-order valence-electron chi connectivity index (χ0n) is 9.42. The summed E-state index contributed by atoms with van der Waals surface area (Å²) in [6.07, 6.45) is 1.95. The Kier molecular flexibility index (Phi) is 3.72. The van der Waals surface area contributed by atoms with Crippen molar-refractivity contribution in [3.8, 4) is 0 Å². The first kappa shape index (κ1) is 11.0. The highest BCUT2D eigenvalue weighted by Gasteiger charge is 2.22. The van der Waals surface area contributed by atoms with Gasteiger partial charge in [0.1, 0.15) is 5.01 Å². The molecular weight excluding hydrogens is 206 g/mol. The summed E-state index contributed by atoms with van der Waals surface area (Å²) >= 11 is 1.78. The molecule has 4 heteroatoms. The van der Waals surface area contributed by atoms with Crippen molar-refractivity contribution in [1.82, 2.24) is 15.6 Å². The minimum Gasteiger partial charge on any atom is -0.316 e. The van der Waals surface area contributed by atoms with Gasteiger partial charge in [-0.15, -0.1) is 11.3 Å². The van der Waals surface area contributed by atoms with Crippen LogP contribution in [0.3, 0.4) is 0 Å². The van der Waals surface area contributed by atoms with Crippen molar-refractivity contribution >= 4 is 11.3 Å². The van der Waals surface area contributed by atoms with E-state index in [1.807, 2.05) is 6.20 Å². The van der Waals surface area contributed by atoms with E-state index in [4.69, 9.17) is 0 Å². The quantitative estimate of drug-likeness (QED) is 0.795. The topological polar surface area (TPSA) is 37.0 Å². The second-order valence-corrected chi connectivity index (χ2v) is 5.71. The predicted molar refractivity (Wildman–Crippen MR) is 64.1 cm³/mol. The first-order chi connectivity index (χ1) is 7.25. The van der Waals surface area contributed by atoms with Crippen molar-refractivity contribution in [1.29, 1.82) is 0 Å². The van der Waals surface area contributed by atoms with E-state index in [1.54, 1.807) is 11.3 Å². The molecule has 1 fully saturated rings. The van der Waals surface area contributed by atoms with Crippen molar-refractivity contribution in [3.63, 3.8) is 0 Å². The molecule has 0 spiro atoms. The molecule has 1 aliphatic rings. The normalized spacial score (nSPS) is 18.8. The fourth-order valence-corrected chi connectivity index (χ4v) is 2.53. The fourth-order valence-electron chi connectivity index (χ4n) is 1.77.